The number of hydrogen-bond donors (Lipinski definition) is 2. The minimum absolute atomic E-state index is 0.125. The number of thioether (sulfide) groups is 1. The van der Waals surface area contributed by atoms with E-state index in [-0.39, 0.29) is 17.1 Å². The fourth-order valence-corrected chi connectivity index (χ4v) is 4.02. The van der Waals surface area contributed by atoms with Crippen molar-refractivity contribution < 1.29 is 18.7 Å². The van der Waals surface area contributed by atoms with Gasteiger partial charge in [-0.2, -0.15) is 0 Å². The van der Waals surface area contributed by atoms with Crippen LogP contribution in [0.1, 0.15) is 17.3 Å². The molecule has 7 heteroatoms. The molecular formula is C28H23FN2O3S. The number of para-hydroxylation sites is 1. The van der Waals surface area contributed by atoms with Gasteiger partial charge in [0.25, 0.3) is 5.91 Å². The lowest BCUT2D eigenvalue weighted by atomic mass is 10.2. The number of anilines is 2. The molecule has 0 spiro atoms. The molecule has 2 amide bonds. The minimum atomic E-state index is -0.393. The van der Waals surface area contributed by atoms with E-state index < -0.39 is 5.82 Å². The third-order valence-electron chi connectivity index (χ3n) is 5.00. The molecule has 0 bridgehead atoms. The summed E-state index contributed by atoms with van der Waals surface area (Å²) in [4.78, 5) is 25.8. The first-order valence-electron chi connectivity index (χ1n) is 10.9. The van der Waals surface area contributed by atoms with E-state index in [2.05, 4.69) is 10.6 Å². The predicted octanol–water partition coefficient (Wildman–Crippen LogP) is 6.99. The third-order valence-corrected chi connectivity index (χ3v) is 6.11. The molecule has 1 atom stereocenters. The first kappa shape index (κ1) is 24.0. The van der Waals surface area contributed by atoms with Gasteiger partial charge >= 0.3 is 0 Å². The van der Waals surface area contributed by atoms with E-state index in [0.717, 1.165) is 10.6 Å². The number of halogens is 1. The zero-order valence-electron chi connectivity index (χ0n) is 18.9. The van der Waals surface area contributed by atoms with Crippen molar-refractivity contribution in [3.8, 4) is 11.5 Å². The second-order valence-corrected chi connectivity index (χ2v) is 9.09. The van der Waals surface area contributed by atoms with Gasteiger partial charge in [-0.05, 0) is 91.9 Å². The molecule has 4 aromatic carbocycles. The van der Waals surface area contributed by atoms with Crippen LogP contribution in [0.3, 0.4) is 0 Å². The number of ether oxygens (including phenoxy) is 1. The SMILES string of the molecule is CC(Sc1ccc(NC(=O)c2ccc(F)cc2)cc1)C(=O)Nc1ccc(Oc2ccccc2)cc1. The first-order valence-corrected chi connectivity index (χ1v) is 11.8. The van der Waals surface area contributed by atoms with Gasteiger partial charge in [0.1, 0.15) is 17.3 Å². The summed E-state index contributed by atoms with van der Waals surface area (Å²) in [5, 5.41) is 5.35. The standard InChI is InChI=1S/C28H23FN2O3S/c1-19(27(32)30-22-11-15-25(16-12-22)34-24-5-3-2-4-6-24)35-26-17-13-23(14-18-26)31-28(33)20-7-9-21(29)10-8-20/h2-19H,1H3,(H,30,32)(H,31,33). The van der Waals surface area contributed by atoms with Crippen LogP contribution >= 0.6 is 11.8 Å². The highest BCUT2D eigenvalue weighted by Gasteiger charge is 2.15. The van der Waals surface area contributed by atoms with Crippen molar-refractivity contribution in [1.82, 2.24) is 0 Å². The zero-order chi connectivity index (χ0) is 24.6. The van der Waals surface area contributed by atoms with Gasteiger partial charge in [0.15, 0.2) is 0 Å². The Morgan fingerprint density at radius 1 is 0.743 bits per heavy atom. The molecule has 4 rings (SSSR count). The van der Waals surface area contributed by atoms with Crippen molar-refractivity contribution in [2.24, 2.45) is 0 Å². The molecule has 2 N–H and O–H groups in total. The Bertz CT molecular complexity index is 1280. The highest BCUT2D eigenvalue weighted by Crippen LogP contribution is 2.27. The highest BCUT2D eigenvalue weighted by molar-refractivity contribution is 8.00. The van der Waals surface area contributed by atoms with E-state index >= 15 is 0 Å². The molecule has 0 heterocycles. The molecule has 0 fully saturated rings. The van der Waals surface area contributed by atoms with Gasteiger partial charge in [0, 0.05) is 21.8 Å². The van der Waals surface area contributed by atoms with Gasteiger partial charge in [-0.1, -0.05) is 18.2 Å². The Morgan fingerprint density at radius 3 is 1.97 bits per heavy atom. The van der Waals surface area contributed by atoms with Crippen LogP contribution in [0.25, 0.3) is 0 Å². The summed E-state index contributed by atoms with van der Waals surface area (Å²) in [7, 11) is 0. The Labute approximate surface area is 207 Å². The zero-order valence-corrected chi connectivity index (χ0v) is 19.7. The average Bonchev–Trinajstić information content (AvgIpc) is 2.87. The second kappa shape index (κ2) is 11.4. The van der Waals surface area contributed by atoms with E-state index in [1.807, 2.05) is 49.4 Å². The molecular weight excluding hydrogens is 463 g/mol. The Kier molecular flexibility index (Phi) is 7.80. The van der Waals surface area contributed by atoms with Crippen molar-refractivity contribution in [2.45, 2.75) is 17.1 Å². The highest BCUT2D eigenvalue weighted by atomic mass is 32.2. The van der Waals surface area contributed by atoms with E-state index in [9.17, 15) is 14.0 Å². The molecule has 176 valence electrons. The minimum Gasteiger partial charge on any atom is -0.457 e. The Hall–Kier alpha value is -4.10. The Morgan fingerprint density at radius 2 is 1.31 bits per heavy atom. The fourth-order valence-electron chi connectivity index (χ4n) is 3.15. The van der Waals surface area contributed by atoms with E-state index in [1.54, 1.807) is 36.4 Å². The number of nitrogens with one attached hydrogen (secondary N) is 2. The number of carbonyl (C=O) groups is 2. The lowest BCUT2D eigenvalue weighted by Gasteiger charge is -2.13. The number of benzene rings is 4. The maximum Gasteiger partial charge on any atom is 0.255 e. The van der Waals surface area contributed by atoms with Crippen molar-refractivity contribution in [3.63, 3.8) is 0 Å². The van der Waals surface area contributed by atoms with Crippen LogP contribution in [-0.4, -0.2) is 17.1 Å². The predicted molar refractivity (Wildman–Crippen MR) is 138 cm³/mol. The van der Waals surface area contributed by atoms with E-state index in [4.69, 9.17) is 4.74 Å². The van der Waals surface area contributed by atoms with Crippen LogP contribution < -0.4 is 15.4 Å². The molecule has 0 aliphatic heterocycles. The van der Waals surface area contributed by atoms with Crippen molar-refractivity contribution in [2.75, 3.05) is 10.6 Å². The van der Waals surface area contributed by atoms with Gasteiger partial charge in [0.2, 0.25) is 5.91 Å². The normalized spacial score (nSPS) is 11.4. The molecule has 5 nitrogen and oxygen atoms in total. The fraction of sp³-hybridized carbons (Fsp3) is 0.0714. The topological polar surface area (TPSA) is 67.4 Å². The summed E-state index contributed by atoms with van der Waals surface area (Å²) in [5.41, 5.74) is 1.66. The van der Waals surface area contributed by atoms with Gasteiger partial charge < -0.3 is 15.4 Å². The number of amides is 2. The molecule has 4 aromatic rings. The van der Waals surface area contributed by atoms with Gasteiger partial charge in [-0.15, -0.1) is 11.8 Å². The molecule has 0 saturated heterocycles. The summed E-state index contributed by atoms with van der Waals surface area (Å²) in [6.45, 7) is 1.83. The average molecular weight is 487 g/mol. The van der Waals surface area contributed by atoms with E-state index in [1.165, 1.54) is 36.0 Å². The maximum atomic E-state index is 13.0. The summed E-state index contributed by atoms with van der Waals surface area (Å²) in [6, 6.07) is 29.2. The number of carbonyl (C=O) groups excluding carboxylic acids is 2. The Balaban J connectivity index is 1.28. The van der Waals surface area contributed by atoms with Crippen LogP contribution in [0.15, 0.2) is 108 Å². The number of hydrogen-bond acceptors (Lipinski definition) is 4. The van der Waals surface area contributed by atoms with Crippen molar-refractivity contribution in [1.29, 1.82) is 0 Å². The van der Waals surface area contributed by atoms with E-state index in [0.29, 0.717) is 22.7 Å². The summed E-state index contributed by atoms with van der Waals surface area (Å²) in [6.07, 6.45) is 0. The molecule has 0 saturated carbocycles. The van der Waals surface area contributed by atoms with Gasteiger partial charge in [0.05, 0.1) is 5.25 Å². The largest absolute Gasteiger partial charge is 0.457 e. The first-order chi connectivity index (χ1) is 17.0. The van der Waals surface area contributed by atoms with Gasteiger partial charge in [-0.25, -0.2) is 4.39 Å². The summed E-state index contributed by atoms with van der Waals surface area (Å²) in [5.74, 6) is 0.590. The summed E-state index contributed by atoms with van der Waals surface area (Å²) < 4.78 is 18.8. The molecule has 0 aliphatic rings. The third kappa shape index (κ3) is 6.94. The van der Waals surface area contributed by atoms with Crippen LogP contribution in [0.5, 0.6) is 11.5 Å². The van der Waals surface area contributed by atoms with Crippen LogP contribution in [0, 0.1) is 5.82 Å². The van der Waals surface area contributed by atoms with Crippen molar-refractivity contribution in [3.05, 3.63) is 115 Å². The monoisotopic (exact) mass is 486 g/mol. The molecule has 0 aliphatic carbocycles. The molecule has 0 radical (unpaired) electrons. The molecule has 1 unspecified atom stereocenters. The molecule has 0 aromatic heterocycles. The second-order valence-electron chi connectivity index (χ2n) is 7.67. The van der Waals surface area contributed by atoms with Crippen LogP contribution in [-0.2, 0) is 4.79 Å². The maximum absolute atomic E-state index is 13.0. The van der Waals surface area contributed by atoms with Crippen LogP contribution in [0.2, 0.25) is 0 Å². The van der Waals surface area contributed by atoms with Gasteiger partial charge in [-0.3, -0.25) is 9.59 Å². The smallest absolute Gasteiger partial charge is 0.255 e. The lowest BCUT2D eigenvalue weighted by Crippen LogP contribution is -2.22. The quantitative estimate of drug-likeness (QED) is 0.263. The lowest BCUT2D eigenvalue weighted by molar-refractivity contribution is -0.115. The number of rotatable bonds is 8. The molecule has 35 heavy (non-hydrogen) atoms. The van der Waals surface area contributed by atoms with Crippen molar-refractivity contribution >= 4 is 35.0 Å². The van der Waals surface area contributed by atoms with Crippen LogP contribution in [0.4, 0.5) is 15.8 Å². The summed E-state index contributed by atoms with van der Waals surface area (Å²) >= 11 is 1.41.